The standard InChI is InChI=1S/C18H19N3O5S/c1-14(22)15-5-7-16(8-6-15)19-9-11-20(12-10-19)27(25,26)18-4-2-3-17(13-18)21(23)24/h2-8,13H,9-12H2,1H3. The van der Waals surface area contributed by atoms with E-state index >= 15 is 0 Å². The molecule has 27 heavy (non-hydrogen) atoms. The number of nitro benzene ring substituents is 1. The van der Waals surface area contributed by atoms with Crippen molar-refractivity contribution in [3.8, 4) is 0 Å². The third kappa shape index (κ3) is 3.99. The van der Waals surface area contributed by atoms with Gasteiger partial charge in [-0.05, 0) is 37.3 Å². The van der Waals surface area contributed by atoms with Gasteiger partial charge in [-0.15, -0.1) is 0 Å². The van der Waals surface area contributed by atoms with Gasteiger partial charge in [0.25, 0.3) is 5.69 Å². The number of nitrogens with zero attached hydrogens (tertiary/aromatic N) is 3. The first-order chi connectivity index (χ1) is 12.8. The molecule has 0 aliphatic carbocycles. The van der Waals surface area contributed by atoms with Gasteiger partial charge in [-0.3, -0.25) is 14.9 Å². The number of piperazine rings is 1. The molecule has 1 aliphatic rings. The van der Waals surface area contributed by atoms with Crippen molar-refractivity contribution in [2.45, 2.75) is 11.8 Å². The molecule has 0 saturated carbocycles. The lowest BCUT2D eigenvalue weighted by molar-refractivity contribution is -0.385. The number of carbonyl (C=O) groups is 1. The van der Waals surface area contributed by atoms with Gasteiger partial charge in [0, 0.05) is 49.6 Å². The van der Waals surface area contributed by atoms with Gasteiger partial charge < -0.3 is 4.90 Å². The Hall–Kier alpha value is -2.78. The molecule has 0 atom stereocenters. The largest absolute Gasteiger partial charge is 0.369 e. The van der Waals surface area contributed by atoms with E-state index in [1.165, 1.54) is 29.4 Å². The predicted molar refractivity (Wildman–Crippen MR) is 101 cm³/mol. The van der Waals surface area contributed by atoms with Crippen LogP contribution in [0.3, 0.4) is 0 Å². The maximum Gasteiger partial charge on any atom is 0.270 e. The predicted octanol–water partition coefficient (Wildman–Crippen LogP) is 2.31. The van der Waals surface area contributed by atoms with Crippen LogP contribution in [0.4, 0.5) is 11.4 Å². The molecule has 0 amide bonds. The number of hydrogen-bond acceptors (Lipinski definition) is 6. The highest BCUT2D eigenvalue weighted by atomic mass is 32.2. The summed E-state index contributed by atoms with van der Waals surface area (Å²) in [5.41, 5.74) is 1.30. The first-order valence-electron chi connectivity index (χ1n) is 8.39. The Labute approximate surface area is 157 Å². The van der Waals surface area contributed by atoms with Crippen LogP contribution in [-0.2, 0) is 10.0 Å². The van der Waals surface area contributed by atoms with Crippen molar-refractivity contribution in [2.24, 2.45) is 0 Å². The number of ketones is 1. The van der Waals surface area contributed by atoms with Crippen LogP contribution in [0.5, 0.6) is 0 Å². The molecule has 1 saturated heterocycles. The summed E-state index contributed by atoms with van der Waals surface area (Å²) in [7, 11) is -3.78. The number of benzene rings is 2. The van der Waals surface area contributed by atoms with Crippen LogP contribution in [0.2, 0.25) is 0 Å². The van der Waals surface area contributed by atoms with Gasteiger partial charge in [0.05, 0.1) is 9.82 Å². The van der Waals surface area contributed by atoms with Gasteiger partial charge in [0.15, 0.2) is 5.78 Å². The molecule has 2 aromatic rings. The number of hydrogen-bond donors (Lipinski definition) is 0. The average Bonchev–Trinajstić information content (AvgIpc) is 2.68. The minimum absolute atomic E-state index is 0.00517. The first-order valence-corrected chi connectivity index (χ1v) is 9.83. The molecule has 2 aromatic carbocycles. The summed E-state index contributed by atoms with van der Waals surface area (Å²) in [4.78, 5) is 23.6. The van der Waals surface area contributed by atoms with E-state index in [0.29, 0.717) is 18.7 Å². The van der Waals surface area contributed by atoms with E-state index in [2.05, 4.69) is 0 Å². The lowest BCUT2D eigenvalue weighted by Gasteiger charge is -2.35. The van der Waals surface area contributed by atoms with Gasteiger partial charge >= 0.3 is 0 Å². The van der Waals surface area contributed by atoms with Gasteiger partial charge in [-0.2, -0.15) is 4.31 Å². The zero-order chi connectivity index (χ0) is 19.6. The van der Waals surface area contributed by atoms with Gasteiger partial charge in [-0.25, -0.2) is 8.42 Å². The third-order valence-corrected chi connectivity index (χ3v) is 6.44. The summed E-state index contributed by atoms with van der Waals surface area (Å²) in [6, 6.07) is 12.3. The molecular formula is C18H19N3O5S. The number of non-ortho nitro benzene ring substituents is 1. The normalized spacial score (nSPS) is 15.5. The Balaban J connectivity index is 1.72. The first kappa shape index (κ1) is 19.0. The zero-order valence-electron chi connectivity index (χ0n) is 14.7. The van der Waals surface area contributed by atoms with Crippen LogP contribution in [-0.4, -0.2) is 49.6 Å². The highest BCUT2D eigenvalue weighted by Gasteiger charge is 2.29. The van der Waals surface area contributed by atoms with Crippen molar-refractivity contribution >= 4 is 27.2 Å². The minimum atomic E-state index is -3.78. The van der Waals surface area contributed by atoms with Crippen LogP contribution in [0, 0.1) is 10.1 Å². The van der Waals surface area contributed by atoms with E-state index in [9.17, 15) is 23.3 Å². The Bertz CT molecular complexity index is 965. The lowest BCUT2D eigenvalue weighted by Crippen LogP contribution is -2.48. The molecule has 9 heteroatoms. The summed E-state index contributed by atoms with van der Waals surface area (Å²) >= 11 is 0. The van der Waals surface area contributed by atoms with Crippen molar-refractivity contribution < 1.29 is 18.1 Å². The van der Waals surface area contributed by atoms with E-state index in [0.717, 1.165) is 11.8 Å². The molecule has 0 N–H and O–H groups in total. The average molecular weight is 389 g/mol. The quantitative estimate of drug-likeness (QED) is 0.442. The monoisotopic (exact) mass is 389 g/mol. The maximum atomic E-state index is 12.8. The van der Waals surface area contributed by atoms with E-state index in [1.54, 1.807) is 12.1 Å². The second-order valence-corrected chi connectivity index (χ2v) is 8.19. The van der Waals surface area contributed by atoms with E-state index in [-0.39, 0.29) is 29.5 Å². The number of rotatable bonds is 5. The molecule has 8 nitrogen and oxygen atoms in total. The fraction of sp³-hybridized carbons (Fsp3) is 0.278. The fourth-order valence-corrected chi connectivity index (χ4v) is 4.46. The third-order valence-electron chi connectivity index (χ3n) is 4.54. The summed E-state index contributed by atoms with van der Waals surface area (Å²) < 4.78 is 26.9. The zero-order valence-corrected chi connectivity index (χ0v) is 15.6. The second kappa shape index (κ2) is 7.45. The van der Waals surface area contributed by atoms with Crippen molar-refractivity contribution in [1.82, 2.24) is 4.31 Å². The van der Waals surface area contributed by atoms with Crippen molar-refractivity contribution in [1.29, 1.82) is 0 Å². The van der Waals surface area contributed by atoms with Crippen molar-refractivity contribution in [3.63, 3.8) is 0 Å². The number of nitro groups is 1. The van der Waals surface area contributed by atoms with E-state index in [1.807, 2.05) is 17.0 Å². The van der Waals surface area contributed by atoms with Gasteiger partial charge in [0.1, 0.15) is 0 Å². The molecule has 0 aromatic heterocycles. The summed E-state index contributed by atoms with van der Waals surface area (Å²) in [6.45, 7) is 3.05. The summed E-state index contributed by atoms with van der Waals surface area (Å²) in [5, 5.41) is 10.9. The van der Waals surface area contributed by atoms with Crippen LogP contribution in [0.1, 0.15) is 17.3 Å². The van der Waals surface area contributed by atoms with Crippen molar-refractivity contribution in [3.05, 3.63) is 64.2 Å². The Morgan fingerprint density at radius 1 is 1.04 bits per heavy atom. The number of Topliss-reactive ketones (excluding diaryl/α,β-unsaturated/α-hetero) is 1. The smallest absolute Gasteiger partial charge is 0.270 e. The molecule has 142 valence electrons. The maximum absolute atomic E-state index is 12.8. The number of carbonyl (C=O) groups excluding carboxylic acids is 1. The van der Waals surface area contributed by atoms with Crippen LogP contribution in [0.25, 0.3) is 0 Å². The summed E-state index contributed by atoms with van der Waals surface area (Å²) in [6.07, 6.45) is 0. The molecule has 3 rings (SSSR count). The van der Waals surface area contributed by atoms with Crippen LogP contribution >= 0.6 is 0 Å². The molecule has 1 heterocycles. The molecule has 1 fully saturated rings. The number of sulfonamides is 1. The Morgan fingerprint density at radius 3 is 2.22 bits per heavy atom. The van der Waals surface area contributed by atoms with Crippen LogP contribution in [0.15, 0.2) is 53.4 Å². The second-order valence-electron chi connectivity index (χ2n) is 6.25. The topological polar surface area (TPSA) is 101 Å². The fourth-order valence-electron chi connectivity index (χ4n) is 3.00. The molecule has 1 aliphatic heterocycles. The highest BCUT2D eigenvalue weighted by molar-refractivity contribution is 7.89. The Kier molecular flexibility index (Phi) is 5.24. The Morgan fingerprint density at radius 2 is 1.67 bits per heavy atom. The van der Waals surface area contributed by atoms with Gasteiger partial charge in [-0.1, -0.05) is 6.07 Å². The summed E-state index contributed by atoms with van der Waals surface area (Å²) in [5.74, 6) is -0.00517. The van der Waals surface area contributed by atoms with E-state index < -0.39 is 14.9 Å². The lowest BCUT2D eigenvalue weighted by atomic mass is 10.1. The molecule has 0 radical (unpaired) electrons. The molecule has 0 unspecified atom stereocenters. The van der Waals surface area contributed by atoms with Gasteiger partial charge in [0.2, 0.25) is 10.0 Å². The highest BCUT2D eigenvalue weighted by Crippen LogP contribution is 2.24. The minimum Gasteiger partial charge on any atom is -0.369 e. The molecular weight excluding hydrogens is 370 g/mol. The SMILES string of the molecule is CC(=O)c1ccc(N2CCN(S(=O)(=O)c3cccc([N+](=O)[O-])c3)CC2)cc1. The molecule has 0 bridgehead atoms. The van der Waals surface area contributed by atoms with Crippen LogP contribution < -0.4 is 4.90 Å². The molecule has 0 spiro atoms. The number of anilines is 1. The van der Waals surface area contributed by atoms with E-state index in [4.69, 9.17) is 0 Å². The van der Waals surface area contributed by atoms with Crippen molar-refractivity contribution in [2.75, 3.05) is 31.1 Å².